The van der Waals surface area contributed by atoms with Gasteiger partial charge in [-0.25, -0.2) is 0 Å². The summed E-state index contributed by atoms with van der Waals surface area (Å²) in [5.74, 6) is -0.0921. The fraction of sp³-hybridized carbons (Fsp3) is 0.462. The normalized spacial score (nSPS) is 10.4. The number of carbonyl (C=O) groups is 1. The lowest BCUT2D eigenvalue weighted by atomic mass is 10.1. The van der Waals surface area contributed by atoms with Crippen LogP contribution in [-0.4, -0.2) is 35.6 Å². The second kappa shape index (κ2) is 7.38. The molecule has 5 heteroatoms. The van der Waals surface area contributed by atoms with E-state index in [0.29, 0.717) is 24.3 Å². The summed E-state index contributed by atoms with van der Waals surface area (Å²) in [6.45, 7) is 3.05. The molecule has 0 atom stereocenters. The molecule has 4 nitrogen and oxygen atoms in total. The molecule has 1 aromatic rings. The molecular formula is C13H19BrN2O2. The van der Waals surface area contributed by atoms with Crippen LogP contribution in [0.4, 0.5) is 5.69 Å². The zero-order chi connectivity index (χ0) is 13.5. The number of carbonyl (C=O) groups excluding carboxylic acids is 1. The van der Waals surface area contributed by atoms with Crippen LogP contribution in [0.25, 0.3) is 0 Å². The second-order valence-corrected chi connectivity index (χ2v) is 5.06. The maximum absolute atomic E-state index is 12.3. The fourth-order valence-electron chi connectivity index (χ4n) is 1.70. The molecule has 0 fully saturated rings. The number of halogens is 1. The highest BCUT2D eigenvalue weighted by Gasteiger charge is 2.15. The number of aliphatic hydroxyl groups excluding tert-OH is 1. The summed E-state index contributed by atoms with van der Waals surface area (Å²) >= 11 is 3.32. The molecule has 0 aliphatic rings. The van der Waals surface area contributed by atoms with Crippen molar-refractivity contribution in [3.05, 3.63) is 28.2 Å². The summed E-state index contributed by atoms with van der Waals surface area (Å²) in [4.78, 5) is 13.9. The highest BCUT2D eigenvalue weighted by atomic mass is 79.9. The highest BCUT2D eigenvalue weighted by molar-refractivity contribution is 9.10. The molecule has 0 spiro atoms. The van der Waals surface area contributed by atoms with Crippen molar-refractivity contribution in [2.24, 2.45) is 0 Å². The maximum Gasteiger partial charge on any atom is 0.254 e. The lowest BCUT2D eigenvalue weighted by Crippen LogP contribution is -2.34. The Balaban J connectivity index is 2.86. The van der Waals surface area contributed by atoms with Gasteiger partial charge in [0.05, 0.1) is 6.61 Å². The van der Waals surface area contributed by atoms with E-state index in [4.69, 9.17) is 10.8 Å². The number of nitrogen functional groups attached to an aromatic ring is 1. The fourth-order valence-corrected chi connectivity index (χ4v) is 2.21. The van der Waals surface area contributed by atoms with Gasteiger partial charge in [0.25, 0.3) is 5.91 Å². The van der Waals surface area contributed by atoms with E-state index in [0.717, 1.165) is 17.3 Å². The van der Waals surface area contributed by atoms with Gasteiger partial charge in [0.2, 0.25) is 0 Å². The Hall–Kier alpha value is -1.07. The summed E-state index contributed by atoms with van der Waals surface area (Å²) in [7, 11) is 0. The van der Waals surface area contributed by atoms with E-state index in [-0.39, 0.29) is 12.5 Å². The minimum Gasteiger partial charge on any atom is -0.399 e. The molecule has 0 unspecified atom stereocenters. The standard InChI is InChI=1S/C13H19BrN2O2/c1-2-3-4-16(5-6-17)13(18)10-7-11(14)9-12(15)8-10/h7-9,17H,2-6,15H2,1H3. The van der Waals surface area contributed by atoms with Gasteiger partial charge in [0.15, 0.2) is 0 Å². The molecule has 3 N–H and O–H groups in total. The van der Waals surface area contributed by atoms with Crippen LogP contribution in [0.15, 0.2) is 22.7 Å². The van der Waals surface area contributed by atoms with Crippen molar-refractivity contribution >= 4 is 27.5 Å². The van der Waals surface area contributed by atoms with Gasteiger partial charge in [-0.2, -0.15) is 0 Å². The highest BCUT2D eigenvalue weighted by Crippen LogP contribution is 2.18. The third-order valence-corrected chi connectivity index (χ3v) is 3.06. The van der Waals surface area contributed by atoms with Crippen LogP contribution in [0.1, 0.15) is 30.1 Å². The van der Waals surface area contributed by atoms with Gasteiger partial charge < -0.3 is 15.7 Å². The Morgan fingerprint density at radius 1 is 1.39 bits per heavy atom. The molecule has 0 radical (unpaired) electrons. The van der Waals surface area contributed by atoms with Crippen LogP contribution < -0.4 is 5.73 Å². The van der Waals surface area contributed by atoms with Crippen LogP contribution >= 0.6 is 15.9 Å². The van der Waals surface area contributed by atoms with E-state index in [1.54, 1.807) is 23.1 Å². The molecular weight excluding hydrogens is 296 g/mol. The van der Waals surface area contributed by atoms with Crippen LogP contribution in [0.2, 0.25) is 0 Å². The Kier molecular flexibility index (Phi) is 6.15. The number of amides is 1. The van der Waals surface area contributed by atoms with Gasteiger partial charge in [-0.1, -0.05) is 29.3 Å². The van der Waals surface area contributed by atoms with Crippen molar-refractivity contribution in [2.75, 3.05) is 25.4 Å². The van der Waals surface area contributed by atoms with Crippen LogP contribution in [0, 0.1) is 0 Å². The van der Waals surface area contributed by atoms with Gasteiger partial charge in [-0.3, -0.25) is 4.79 Å². The monoisotopic (exact) mass is 314 g/mol. The number of rotatable bonds is 6. The molecule has 0 heterocycles. The van der Waals surface area contributed by atoms with Crippen molar-refractivity contribution in [3.63, 3.8) is 0 Å². The van der Waals surface area contributed by atoms with E-state index in [9.17, 15) is 4.79 Å². The van der Waals surface area contributed by atoms with E-state index >= 15 is 0 Å². The molecule has 0 aliphatic heterocycles. The minimum atomic E-state index is -0.0921. The SMILES string of the molecule is CCCCN(CCO)C(=O)c1cc(N)cc(Br)c1. The first-order chi connectivity index (χ1) is 8.58. The summed E-state index contributed by atoms with van der Waals surface area (Å²) in [5, 5.41) is 9.01. The van der Waals surface area contributed by atoms with Crippen molar-refractivity contribution < 1.29 is 9.90 Å². The second-order valence-electron chi connectivity index (χ2n) is 4.14. The first kappa shape index (κ1) is 15.0. The van der Waals surface area contributed by atoms with Gasteiger partial charge in [0.1, 0.15) is 0 Å². The smallest absolute Gasteiger partial charge is 0.254 e. The lowest BCUT2D eigenvalue weighted by molar-refractivity contribution is 0.0719. The number of hydrogen-bond acceptors (Lipinski definition) is 3. The molecule has 1 amide bonds. The van der Waals surface area contributed by atoms with Gasteiger partial charge in [-0.15, -0.1) is 0 Å². The molecule has 0 aliphatic carbocycles. The number of hydrogen-bond donors (Lipinski definition) is 2. The van der Waals surface area contributed by atoms with Crippen LogP contribution in [0.3, 0.4) is 0 Å². The number of unbranched alkanes of at least 4 members (excludes halogenated alkanes) is 1. The van der Waals surface area contributed by atoms with Gasteiger partial charge >= 0.3 is 0 Å². The van der Waals surface area contributed by atoms with E-state index < -0.39 is 0 Å². The molecule has 18 heavy (non-hydrogen) atoms. The Morgan fingerprint density at radius 2 is 2.11 bits per heavy atom. The number of benzene rings is 1. The summed E-state index contributed by atoms with van der Waals surface area (Å²) in [5.41, 5.74) is 6.82. The van der Waals surface area contributed by atoms with Gasteiger partial charge in [-0.05, 0) is 24.6 Å². The van der Waals surface area contributed by atoms with Crippen LogP contribution in [0.5, 0.6) is 0 Å². The summed E-state index contributed by atoms with van der Waals surface area (Å²) < 4.78 is 0.783. The van der Waals surface area contributed by atoms with Crippen molar-refractivity contribution in [2.45, 2.75) is 19.8 Å². The molecule has 0 saturated carbocycles. The predicted octanol–water partition coefficient (Wildman–Crippen LogP) is 2.27. The van der Waals surface area contributed by atoms with E-state index in [1.807, 2.05) is 0 Å². The number of aliphatic hydroxyl groups is 1. The van der Waals surface area contributed by atoms with Gasteiger partial charge in [0, 0.05) is 28.8 Å². The zero-order valence-corrected chi connectivity index (χ0v) is 12.1. The lowest BCUT2D eigenvalue weighted by Gasteiger charge is -2.21. The Morgan fingerprint density at radius 3 is 2.67 bits per heavy atom. The summed E-state index contributed by atoms with van der Waals surface area (Å²) in [6, 6.07) is 5.15. The zero-order valence-electron chi connectivity index (χ0n) is 10.5. The average molecular weight is 315 g/mol. The third kappa shape index (κ3) is 4.31. The Labute approximate surface area is 116 Å². The maximum atomic E-state index is 12.3. The van der Waals surface area contributed by atoms with Crippen molar-refractivity contribution in [3.8, 4) is 0 Å². The van der Waals surface area contributed by atoms with E-state index in [2.05, 4.69) is 22.9 Å². The predicted molar refractivity (Wildman–Crippen MR) is 76.5 cm³/mol. The quantitative estimate of drug-likeness (QED) is 0.791. The van der Waals surface area contributed by atoms with Crippen molar-refractivity contribution in [1.29, 1.82) is 0 Å². The van der Waals surface area contributed by atoms with Crippen molar-refractivity contribution in [1.82, 2.24) is 4.90 Å². The molecule has 0 saturated heterocycles. The number of anilines is 1. The first-order valence-electron chi connectivity index (χ1n) is 6.04. The molecule has 1 aromatic carbocycles. The Bertz CT molecular complexity index is 390. The summed E-state index contributed by atoms with van der Waals surface area (Å²) in [6.07, 6.45) is 1.94. The third-order valence-electron chi connectivity index (χ3n) is 2.61. The molecule has 0 aromatic heterocycles. The van der Waals surface area contributed by atoms with E-state index in [1.165, 1.54) is 0 Å². The largest absolute Gasteiger partial charge is 0.399 e. The topological polar surface area (TPSA) is 66.6 Å². The number of nitrogens with zero attached hydrogens (tertiary/aromatic N) is 1. The minimum absolute atomic E-state index is 0.0288. The first-order valence-corrected chi connectivity index (χ1v) is 6.84. The molecule has 100 valence electrons. The number of nitrogens with two attached hydrogens (primary N) is 1. The average Bonchev–Trinajstić information content (AvgIpc) is 2.32. The molecule has 1 rings (SSSR count). The molecule has 0 bridgehead atoms. The van der Waals surface area contributed by atoms with Crippen LogP contribution in [-0.2, 0) is 0 Å².